The van der Waals surface area contributed by atoms with Crippen molar-refractivity contribution in [2.75, 3.05) is 25.0 Å². The predicted molar refractivity (Wildman–Crippen MR) is 99.5 cm³/mol. The monoisotopic (exact) mass is 354 g/mol. The molecular formula is C21H23FN2O2. The molecule has 1 saturated heterocycles. The zero-order chi connectivity index (χ0) is 18.6. The van der Waals surface area contributed by atoms with Gasteiger partial charge < -0.3 is 5.32 Å². The molecule has 0 aromatic heterocycles. The van der Waals surface area contributed by atoms with Crippen LogP contribution in [0.3, 0.4) is 0 Å². The van der Waals surface area contributed by atoms with Crippen LogP contribution >= 0.6 is 0 Å². The van der Waals surface area contributed by atoms with Crippen molar-refractivity contribution in [2.45, 2.75) is 25.2 Å². The molecule has 1 N–H and O–H groups in total. The summed E-state index contributed by atoms with van der Waals surface area (Å²) in [7, 11) is 0. The molecule has 0 radical (unpaired) electrons. The lowest BCUT2D eigenvalue weighted by Gasteiger charge is -2.40. The number of halogens is 1. The maximum atomic E-state index is 12.9. The van der Waals surface area contributed by atoms with Gasteiger partial charge in [0.2, 0.25) is 5.91 Å². The maximum absolute atomic E-state index is 12.9. The highest BCUT2D eigenvalue weighted by Crippen LogP contribution is 2.36. The Morgan fingerprint density at radius 1 is 1.04 bits per heavy atom. The highest BCUT2D eigenvalue weighted by atomic mass is 19.1. The smallest absolute Gasteiger partial charge is 0.238 e. The number of anilines is 1. The average Bonchev–Trinajstić information content (AvgIpc) is 2.65. The number of hydrogen-bond donors (Lipinski definition) is 1. The van der Waals surface area contributed by atoms with Gasteiger partial charge in [0, 0.05) is 5.69 Å². The van der Waals surface area contributed by atoms with Crippen LogP contribution in [0.25, 0.3) is 0 Å². The van der Waals surface area contributed by atoms with E-state index in [1.54, 1.807) is 19.1 Å². The third-order valence-electron chi connectivity index (χ3n) is 5.21. The number of nitrogens with zero attached hydrogens (tertiary/aromatic N) is 1. The van der Waals surface area contributed by atoms with Crippen molar-refractivity contribution in [3.8, 4) is 0 Å². The fourth-order valence-corrected chi connectivity index (χ4v) is 3.63. The molecule has 1 heterocycles. The van der Waals surface area contributed by atoms with Gasteiger partial charge in [-0.25, -0.2) is 4.39 Å². The molecule has 136 valence electrons. The molecule has 1 aliphatic heterocycles. The predicted octanol–water partition coefficient (Wildman–Crippen LogP) is 3.39. The molecule has 0 unspecified atom stereocenters. The van der Waals surface area contributed by atoms with E-state index in [1.165, 1.54) is 12.1 Å². The lowest BCUT2D eigenvalue weighted by molar-refractivity contribution is -0.124. The minimum absolute atomic E-state index is 0.133. The Bertz CT molecular complexity index is 766. The summed E-state index contributed by atoms with van der Waals surface area (Å²) < 4.78 is 12.9. The van der Waals surface area contributed by atoms with Crippen LogP contribution in [-0.2, 0) is 15.0 Å². The molecule has 3 rings (SSSR count). The molecule has 26 heavy (non-hydrogen) atoms. The van der Waals surface area contributed by atoms with Crippen molar-refractivity contribution in [1.82, 2.24) is 4.90 Å². The van der Waals surface area contributed by atoms with Gasteiger partial charge in [-0.15, -0.1) is 0 Å². The third-order valence-corrected chi connectivity index (χ3v) is 5.21. The first-order valence-electron chi connectivity index (χ1n) is 8.84. The minimum Gasteiger partial charge on any atom is -0.325 e. The van der Waals surface area contributed by atoms with Crippen LogP contribution in [0.1, 0.15) is 25.3 Å². The molecule has 4 nitrogen and oxygen atoms in total. The van der Waals surface area contributed by atoms with E-state index in [4.69, 9.17) is 0 Å². The van der Waals surface area contributed by atoms with Gasteiger partial charge in [0.25, 0.3) is 0 Å². The van der Waals surface area contributed by atoms with E-state index in [-0.39, 0.29) is 24.1 Å². The van der Waals surface area contributed by atoms with Gasteiger partial charge in [-0.3, -0.25) is 14.5 Å². The number of ketones is 1. The molecule has 0 bridgehead atoms. The zero-order valence-electron chi connectivity index (χ0n) is 14.9. The SMILES string of the molecule is CC(=O)C1(c2ccccc2)CCN(CC(=O)Nc2ccc(F)cc2)CC1. The molecular weight excluding hydrogens is 331 g/mol. The zero-order valence-corrected chi connectivity index (χ0v) is 14.9. The van der Waals surface area contributed by atoms with Crippen LogP contribution in [0.4, 0.5) is 10.1 Å². The summed E-state index contributed by atoms with van der Waals surface area (Å²) in [5.74, 6) is -0.286. The maximum Gasteiger partial charge on any atom is 0.238 e. The number of nitrogens with one attached hydrogen (secondary N) is 1. The summed E-state index contributed by atoms with van der Waals surface area (Å²) in [5.41, 5.74) is 1.18. The third kappa shape index (κ3) is 3.99. The molecule has 2 aromatic rings. The van der Waals surface area contributed by atoms with Crippen LogP contribution in [0.2, 0.25) is 0 Å². The number of rotatable bonds is 5. The van der Waals surface area contributed by atoms with Crippen molar-refractivity contribution in [3.63, 3.8) is 0 Å². The van der Waals surface area contributed by atoms with E-state index >= 15 is 0 Å². The summed E-state index contributed by atoms with van der Waals surface area (Å²) >= 11 is 0. The van der Waals surface area contributed by atoms with E-state index < -0.39 is 5.41 Å². The highest BCUT2D eigenvalue weighted by Gasteiger charge is 2.40. The van der Waals surface area contributed by atoms with E-state index in [9.17, 15) is 14.0 Å². The summed E-state index contributed by atoms with van der Waals surface area (Å²) in [6, 6.07) is 15.6. The molecule has 1 aliphatic rings. The number of Topliss-reactive ketones (excluding diaryl/α,β-unsaturated/α-hetero) is 1. The largest absolute Gasteiger partial charge is 0.325 e. The van der Waals surface area contributed by atoms with Gasteiger partial charge in [-0.05, 0) is 62.7 Å². The van der Waals surface area contributed by atoms with E-state index in [2.05, 4.69) is 10.2 Å². The van der Waals surface area contributed by atoms with Gasteiger partial charge in [-0.1, -0.05) is 30.3 Å². The van der Waals surface area contributed by atoms with Gasteiger partial charge in [0.05, 0.1) is 12.0 Å². The van der Waals surface area contributed by atoms with Gasteiger partial charge in [0.1, 0.15) is 11.6 Å². The lowest BCUT2D eigenvalue weighted by atomic mass is 9.70. The highest BCUT2D eigenvalue weighted by molar-refractivity contribution is 5.92. The van der Waals surface area contributed by atoms with Crippen molar-refractivity contribution in [1.29, 1.82) is 0 Å². The molecule has 0 atom stereocenters. The van der Waals surface area contributed by atoms with Crippen LogP contribution < -0.4 is 5.32 Å². The molecule has 5 heteroatoms. The van der Waals surface area contributed by atoms with Crippen LogP contribution in [0.5, 0.6) is 0 Å². The molecule has 0 spiro atoms. The summed E-state index contributed by atoms with van der Waals surface area (Å²) in [6.07, 6.45) is 1.41. The van der Waals surface area contributed by atoms with Gasteiger partial charge in [0.15, 0.2) is 0 Å². The second-order valence-electron chi connectivity index (χ2n) is 6.84. The number of benzene rings is 2. The Balaban J connectivity index is 1.59. The summed E-state index contributed by atoms with van der Waals surface area (Å²) in [6.45, 7) is 3.29. The van der Waals surface area contributed by atoms with Crippen LogP contribution in [0.15, 0.2) is 54.6 Å². The quantitative estimate of drug-likeness (QED) is 0.895. The van der Waals surface area contributed by atoms with E-state index in [1.807, 2.05) is 30.3 Å². The standard InChI is InChI=1S/C21H23FN2O2/c1-16(25)21(17-5-3-2-4-6-17)11-13-24(14-12-21)15-20(26)23-19-9-7-18(22)8-10-19/h2-10H,11-15H2,1H3,(H,23,26). The number of amides is 1. The Morgan fingerprint density at radius 3 is 2.23 bits per heavy atom. The molecule has 0 saturated carbocycles. The Hall–Kier alpha value is -2.53. The fourth-order valence-electron chi connectivity index (χ4n) is 3.63. The number of piperidine rings is 1. The van der Waals surface area contributed by atoms with Crippen LogP contribution in [0, 0.1) is 5.82 Å². The molecule has 2 aromatic carbocycles. The fraction of sp³-hybridized carbons (Fsp3) is 0.333. The normalized spacial score (nSPS) is 16.8. The topological polar surface area (TPSA) is 49.4 Å². The Kier molecular flexibility index (Phi) is 5.47. The van der Waals surface area contributed by atoms with Crippen molar-refractivity contribution in [3.05, 3.63) is 66.0 Å². The summed E-state index contributed by atoms with van der Waals surface area (Å²) in [4.78, 5) is 26.7. The number of carbonyl (C=O) groups is 2. The molecule has 1 amide bonds. The van der Waals surface area contributed by atoms with Crippen LogP contribution in [-0.4, -0.2) is 36.2 Å². The van der Waals surface area contributed by atoms with Gasteiger partial charge in [-0.2, -0.15) is 0 Å². The second-order valence-corrected chi connectivity index (χ2v) is 6.84. The van der Waals surface area contributed by atoms with E-state index in [0.717, 1.165) is 5.56 Å². The van der Waals surface area contributed by atoms with Crippen molar-refractivity contribution in [2.24, 2.45) is 0 Å². The van der Waals surface area contributed by atoms with Crippen molar-refractivity contribution >= 4 is 17.4 Å². The van der Waals surface area contributed by atoms with Crippen molar-refractivity contribution < 1.29 is 14.0 Å². The van der Waals surface area contributed by atoms with E-state index in [0.29, 0.717) is 31.6 Å². The lowest BCUT2D eigenvalue weighted by Crippen LogP contribution is -2.48. The molecule has 0 aliphatic carbocycles. The second kappa shape index (κ2) is 7.79. The first-order chi connectivity index (χ1) is 12.5. The first kappa shape index (κ1) is 18.3. The summed E-state index contributed by atoms with van der Waals surface area (Å²) in [5, 5.41) is 2.78. The Labute approximate surface area is 153 Å². The first-order valence-corrected chi connectivity index (χ1v) is 8.84. The van der Waals surface area contributed by atoms with Gasteiger partial charge >= 0.3 is 0 Å². The number of hydrogen-bond acceptors (Lipinski definition) is 3. The Morgan fingerprint density at radius 2 is 1.65 bits per heavy atom. The number of carbonyl (C=O) groups excluding carboxylic acids is 2. The average molecular weight is 354 g/mol. The number of likely N-dealkylation sites (tertiary alicyclic amines) is 1. The minimum atomic E-state index is -0.453. The molecule has 1 fully saturated rings.